The number of carbonyl (C=O) groups excluding carboxylic acids is 2. The van der Waals surface area contributed by atoms with E-state index in [4.69, 9.17) is 9.47 Å². The van der Waals surface area contributed by atoms with Gasteiger partial charge in [-0.25, -0.2) is 0 Å². The SMILES string of the molecule is COc1cc(CN(CC(=O)O)C(=O)CN2CCCCCCC2=O)cc(OC)c1. The first-order chi connectivity index (χ1) is 13.4. The lowest BCUT2D eigenvalue weighted by molar-refractivity contribution is -0.147. The largest absolute Gasteiger partial charge is 0.497 e. The van der Waals surface area contributed by atoms with Crippen LogP contribution in [0.4, 0.5) is 0 Å². The Balaban J connectivity index is 2.14. The van der Waals surface area contributed by atoms with Crippen molar-refractivity contribution in [2.24, 2.45) is 0 Å². The molecule has 0 radical (unpaired) electrons. The molecule has 0 atom stereocenters. The quantitative estimate of drug-likeness (QED) is 0.726. The Bertz CT molecular complexity index is 684. The number of nitrogens with zero attached hydrogens (tertiary/aromatic N) is 2. The highest BCUT2D eigenvalue weighted by Crippen LogP contribution is 2.23. The van der Waals surface area contributed by atoms with Crippen LogP contribution in [0.15, 0.2) is 18.2 Å². The van der Waals surface area contributed by atoms with Crippen LogP contribution in [0.2, 0.25) is 0 Å². The molecule has 0 spiro atoms. The number of aliphatic carboxylic acids is 1. The highest BCUT2D eigenvalue weighted by molar-refractivity contribution is 5.87. The second-order valence-electron chi connectivity index (χ2n) is 6.84. The molecule has 1 aromatic carbocycles. The Kier molecular flexibility index (Phi) is 8.10. The number of hydrogen-bond acceptors (Lipinski definition) is 5. The molecule has 8 nitrogen and oxygen atoms in total. The summed E-state index contributed by atoms with van der Waals surface area (Å²) in [5, 5.41) is 9.23. The van der Waals surface area contributed by atoms with Crippen molar-refractivity contribution in [3.8, 4) is 11.5 Å². The van der Waals surface area contributed by atoms with Gasteiger partial charge in [0.1, 0.15) is 18.0 Å². The van der Waals surface area contributed by atoms with Gasteiger partial charge in [-0.2, -0.15) is 0 Å². The first-order valence-corrected chi connectivity index (χ1v) is 9.42. The summed E-state index contributed by atoms with van der Waals surface area (Å²) in [6.07, 6.45) is 4.16. The standard InChI is InChI=1S/C20H28N2O6/c1-27-16-9-15(10-17(11-16)28-2)12-22(14-20(25)26)19(24)13-21-8-6-4-3-5-7-18(21)23/h9-11H,3-8,12-14H2,1-2H3,(H,25,26). The van der Waals surface area contributed by atoms with Crippen LogP contribution in [-0.4, -0.2) is 66.5 Å². The maximum Gasteiger partial charge on any atom is 0.323 e. The number of benzene rings is 1. The van der Waals surface area contributed by atoms with Gasteiger partial charge >= 0.3 is 5.97 Å². The molecule has 1 aliphatic rings. The second kappa shape index (κ2) is 10.5. The van der Waals surface area contributed by atoms with Crippen LogP contribution in [0.5, 0.6) is 11.5 Å². The van der Waals surface area contributed by atoms with E-state index in [1.165, 1.54) is 19.1 Å². The number of carboxylic acid groups (broad SMARTS) is 1. The summed E-state index contributed by atoms with van der Waals surface area (Å²) in [5.74, 6) is -0.446. The van der Waals surface area contributed by atoms with Gasteiger partial charge in [0.2, 0.25) is 11.8 Å². The topological polar surface area (TPSA) is 96.4 Å². The summed E-state index contributed by atoms with van der Waals surface area (Å²) >= 11 is 0. The van der Waals surface area contributed by atoms with E-state index in [9.17, 15) is 19.5 Å². The lowest BCUT2D eigenvalue weighted by Gasteiger charge is -2.28. The Morgan fingerprint density at radius 1 is 1.07 bits per heavy atom. The van der Waals surface area contributed by atoms with Gasteiger partial charge in [0, 0.05) is 25.6 Å². The number of carboxylic acids is 1. The molecule has 28 heavy (non-hydrogen) atoms. The van der Waals surface area contributed by atoms with Gasteiger partial charge in [0.05, 0.1) is 20.8 Å². The zero-order valence-electron chi connectivity index (χ0n) is 16.5. The van der Waals surface area contributed by atoms with Crippen LogP contribution in [-0.2, 0) is 20.9 Å². The molecule has 8 heteroatoms. The van der Waals surface area contributed by atoms with Crippen LogP contribution in [0.1, 0.15) is 37.7 Å². The average molecular weight is 392 g/mol. The molecule has 2 rings (SSSR count). The van der Waals surface area contributed by atoms with Crippen molar-refractivity contribution >= 4 is 17.8 Å². The number of amides is 2. The summed E-state index contributed by atoms with van der Waals surface area (Å²) in [6.45, 7) is 0.0623. The molecule has 1 aliphatic heterocycles. The summed E-state index contributed by atoms with van der Waals surface area (Å²) in [4.78, 5) is 39.2. The van der Waals surface area contributed by atoms with Crippen molar-refractivity contribution in [1.82, 2.24) is 9.80 Å². The normalized spacial score (nSPS) is 14.8. The predicted molar refractivity (Wildman–Crippen MR) is 102 cm³/mol. The first kappa shape index (κ1) is 21.5. The molecule has 0 aliphatic carbocycles. The molecule has 1 saturated heterocycles. The van der Waals surface area contributed by atoms with Crippen LogP contribution in [0, 0.1) is 0 Å². The van der Waals surface area contributed by atoms with E-state index in [1.807, 2.05) is 0 Å². The zero-order chi connectivity index (χ0) is 20.5. The number of hydrogen-bond donors (Lipinski definition) is 1. The molecule has 1 N–H and O–H groups in total. The lowest BCUT2D eigenvalue weighted by Crippen LogP contribution is -2.45. The maximum absolute atomic E-state index is 12.8. The maximum atomic E-state index is 12.8. The number of carbonyl (C=O) groups is 3. The minimum Gasteiger partial charge on any atom is -0.497 e. The monoisotopic (exact) mass is 392 g/mol. The van der Waals surface area contributed by atoms with Crippen molar-refractivity contribution in [3.63, 3.8) is 0 Å². The van der Waals surface area contributed by atoms with Crippen molar-refractivity contribution in [2.75, 3.05) is 33.9 Å². The third-order valence-electron chi connectivity index (χ3n) is 4.71. The molecule has 2 amide bonds. The van der Waals surface area contributed by atoms with Crippen molar-refractivity contribution < 1.29 is 29.0 Å². The molecule has 0 unspecified atom stereocenters. The molecular formula is C20H28N2O6. The van der Waals surface area contributed by atoms with Crippen LogP contribution in [0.25, 0.3) is 0 Å². The Labute approximate surface area is 165 Å². The number of likely N-dealkylation sites (tertiary alicyclic amines) is 1. The van der Waals surface area contributed by atoms with Crippen molar-refractivity contribution in [3.05, 3.63) is 23.8 Å². The molecule has 0 aromatic heterocycles. The van der Waals surface area contributed by atoms with Crippen LogP contribution in [0.3, 0.4) is 0 Å². The number of methoxy groups -OCH3 is 2. The van der Waals surface area contributed by atoms with Crippen molar-refractivity contribution in [2.45, 2.75) is 38.6 Å². The number of ether oxygens (including phenoxy) is 2. The molecule has 0 saturated carbocycles. The average Bonchev–Trinajstić information content (AvgIpc) is 2.66. The van der Waals surface area contributed by atoms with Gasteiger partial charge < -0.3 is 24.4 Å². The van der Waals surface area contributed by atoms with Gasteiger partial charge in [0.25, 0.3) is 0 Å². The summed E-state index contributed by atoms with van der Waals surface area (Å²) in [5.41, 5.74) is 0.685. The fraction of sp³-hybridized carbons (Fsp3) is 0.550. The van der Waals surface area contributed by atoms with Crippen LogP contribution >= 0.6 is 0 Å². The van der Waals surface area contributed by atoms with E-state index in [0.29, 0.717) is 30.0 Å². The molecule has 1 fully saturated rings. The molecule has 154 valence electrons. The van der Waals surface area contributed by atoms with E-state index in [0.717, 1.165) is 25.7 Å². The first-order valence-electron chi connectivity index (χ1n) is 9.42. The summed E-state index contributed by atoms with van der Waals surface area (Å²) in [6, 6.07) is 5.16. The van der Waals surface area contributed by atoms with E-state index in [2.05, 4.69) is 0 Å². The smallest absolute Gasteiger partial charge is 0.323 e. The van der Waals surface area contributed by atoms with Crippen molar-refractivity contribution in [1.29, 1.82) is 0 Å². The van der Waals surface area contributed by atoms with E-state index >= 15 is 0 Å². The van der Waals surface area contributed by atoms with E-state index in [1.54, 1.807) is 23.1 Å². The Morgan fingerprint density at radius 3 is 2.32 bits per heavy atom. The Hall–Kier alpha value is -2.77. The summed E-state index contributed by atoms with van der Waals surface area (Å²) in [7, 11) is 3.04. The highest BCUT2D eigenvalue weighted by atomic mass is 16.5. The minimum absolute atomic E-state index is 0.0497. The van der Waals surface area contributed by atoms with Gasteiger partial charge in [0.15, 0.2) is 0 Å². The summed E-state index contributed by atoms with van der Waals surface area (Å²) < 4.78 is 10.5. The van der Waals surface area contributed by atoms with Gasteiger partial charge in [-0.15, -0.1) is 0 Å². The second-order valence-corrected chi connectivity index (χ2v) is 6.84. The van der Waals surface area contributed by atoms with Crippen LogP contribution < -0.4 is 9.47 Å². The third kappa shape index (κ3) is 6.44. The predicted octanol–water partition coefficient (Wildman–Crippen LogP) is 1.91. The molecule has 1 aromatic rings. The molecule has 1 heterocycles. The van der Waals surface area contributed by atoms with Gasteiger partial charge in [-0.05, 0) is 30.5 Å². The fourth-order valence-corrected chi connectivity index (χ4v) is 3.22. The fourth-order valence-electron chi connectivity index (χ4n) is 3.22. The molecular weight excluding hydrogens is 364 g/mol. The third-order valence-corrected chi connectivity index (χ3v) is 4.71. The molecule has 0 bridgehead atoms. The van der Waals surface area contributed by atoms with Gasteiger partial charge in [-0.3, -0.25) is 14.4 Å². The number of rotatable bonds is 8. The van der Waals surface area contributed by atoms with Gasteiger partial charge in [-0.1, -0.05) is 12.8 Å². The van der Waals surface area contributed by atoms with E-state index in [-0.39, 0.29) is 19.0 Å². The highest BCUT2D eigenvalue weighted by Gasteiger charge is 2.23. The van der Waals surface area contributed by atoms with E-state index < -0.39 is 18.4 Å². The Morgan fingerprint density at radius 2 is 1.71 bits per heavy atom. The lowest BCUT2D eigenvalue weighted by atomic mass is 10.1. The minimum atomic E-state index is -1.11. The zero-order valence-corrected chi connectivity index (χ0v) is 16.5.